The molecule has 1 aromatic rings. The standard InChI is InChI=1S/C17H26N4O3/c1-11-13(7-6-12(19-11)15(22)18-5)20-8-9-21(16(23)24)14(10-20)17(2,3)4/h6-7,14H,8-10H2,1-5H3,(H,18,22)(H,23,24). The van der Waals surface area contributed by atoms with Crippen LogP contribution in [0.1, 0.15) is 37.0 Å². The molecule has 0 bridgehead atoms. The van der Waals surface area contributed by atoms with Crippen molar-refractivity contribution in [2.45, 2.75) is 33.7 Å². The Bertz CT molecular complexity index is 639. The normalized spacial score (nSPS) is 18.5. The van der Waals surface area contributed by atoms with Gasteiger partial charge in [0.05, 0.1) is 17.4 Å². The number of aryl methyl sites for hydroxylation is 1. The average Bonchev–Trinajstić information content (AvgIpc) is 2.52. The van der Waals surface area contributed by atoms with Crippen LogP contribution in [0.25, 0.3) is 0 Å². The van der Waals surface area contributed by atoms with Gasteiger partial charge in [0.15, 0.2) is 0 Å². The van der Waals surface area contributed by atoms with Crippen molar-refractivity contribution in [3.8, 4) is 0 Å². The Hall–Kier alpha value is -2.31. The molecule has 1 unspecified atom stereocenters. The fourth-order valence-electron chi connectivity index (χ4n) is 3.11. The Labute approximate surface area is 142 Å². The predicted molar refractivity (Wildman–Crippen MR) is 92.6 cm³/mol. The summed E-state index contributed by atoms with van der Waals surface area (Å²) in [6.07, 6.45) is -0.876. The van der Waals surface area contributed by atoms with Crippen LogP contribution in [0, 0.1) is 12.3 Å². The lowest BCUT2D eigenvalue weighted by Gasteiger charge is -2.46. The van der Waals surface area contributed by atoms with E-state index in [-0.39, 0.29) is 17.4 Å². The minimum absolute atomic E-state index is 0.109. The summed E-state index contributed by atoms with van der Waals surface area (Å²) in [6, 6.07) is 3.49. The van der Waals surface area contributed by atoms with E-state index in [1.807, 2.05) is 13.0 Å². The van der Waals surface area contributed by atoms with Crippen molar-refractivity contribution in [1.29, 1.82) is 0 Å². The smallest absolute Gasteiger partial charge is 0.407 e. The Balaban J connectivity index is 2.27. The van der Waals surface area contributed by atoms with E-state index < -0.39 is 6.09 Å². The minimum atomic E-state index is -0.876. The fourth-order valence-corrected chi connectivity index (χ4v) is 3.11. The lowest BCUT2D eigenvalue weighted by Crippen LogP contribution is -2.59. The molecule has 7 nitrogen and oxygen atoms in total. The van der Waals surface area contributed by atoms with Gasteiger partial charge in [-0.1, -0.05) is 20.8 Å². The highest BCUT2D eigenvalue weighted by molar-refractivity contribution is 5.92. The zero-order valence-electron chi connectivity index (χ0n) is 15.0. The molecule has 2 N–H and O–H groups in total. The lowest BCUT2D eigenvalue weighted by atomic mass is 9.84. The molecule has 24 heavy (non-hydrogen) atoms. The molecule has 2 rings (SSSR count). The van der Waals surface area contributed by atoms with Gasteiger partial charge in [0.2, 0.25) is 0 Å². The van der Waals surface area contributed by atoms with Crippen LogP contribution in [0.5, 0.6) is 0 Å². The van der Waals surface area contributed by atoms with Gasteiger partial charge in [0.25, 0.3) is 5.91 Å². The first kappa shape index (κ1) is 18.0. The number of amides is 2. The van der Waals surface area contributed by atoms with Crippen LogP contribution in [-0.2, 0) is 0 Å². The number of nitrogens with one attached hydrogen (secondary N) is 1. The second-order valence-electron chi connectivity index (χ2n) is 7.18. The van der Waals surface area contributed by atoms with E-state index in [4.69, 9.17) is 0 Å². The van der Waals surface area contributed by atoms with Gasteiger partial charge < -0.3 is 20.2 Å². The van der Waals surface area contributed by atoms with E-state index in [1.165, 1.54) is 4.90 Å². The predicted octanol–water partition coefficient (Wildman–Crippen LogP) is 1.96. The van der Waals surface area contributed by atoms with Crippen molar-refractivity contribution >= 4 is 17.7 Å². The number of carboxylic acid groups (broad SMARTS) is 1. The second-order valence-corrected chi connectivity index (χ2v) is 7.18. The first-order valence-corrected chi connectivity index (χ1v) is 8.09. The second kappa shape index (κ2) is 6.67. The van der Waals surface area contributed by atoms with Crippen LogP contribution in [0.3, 0.4) is 0 Å². The van der Waals surface area contributed by atoms with Gasteiger partial charge >= 0.3 is 6.09 Å². The molecule has 1 aliphatic heterocycles. The highest BCUT2D eigenvalue weighted by Crippen LogP contribution is 2.31. The largest absolute Gasteiger partial charge is 0.465 e. The van der Waals surface area contributed by atoms with Gasteiger partial charge in [0, 0.05) is 26.7 Å². The van der Waals surface area contributed by atoms with Gasteiger partial charge in [-0.3, -0.25) is 4.79 Å². The Morgan fingerprint density at radius 1 is 1.29 bits per heavy atom. The van der Waals surface area contributed by atoms with E-state index in [1.54, 1.807) is 13.1 Å². The topological polar surface area (TPSA) is 85.8 Å². The third kappa shape index (κ3) is 3.60. The highest BCUT2D eigenvalue weighted by atomic mass is 16.4. The van der Waals surface area contributed by atoms with Crippen molar-refractivity contribution in [3.05, 3.63) is 23.5 Å². The zero-order chi connectivity index (χ0) is 18.1. The number of hydrogen-bond acceptors (Lipinski definition) is 4. The molecule has 0 saturated carbocycles. The van der Waals surface area contributed by atoms with Crippen LogP contribution in [-0.4, -0.2) is 59.7 Å². The van der Waals surface area contributed by atoms with Gasteiger partial charge in [0.1, 0.15) is 5.69 Å². The number of hydrogen-bond donors (Lipinski definition) is 2. The number of anilines is 1. The lowest BCUT2D eigenvalue weighted by molar-refractivity contribution is 0.0748. The zero-order valence-corrected chi connectivity index (χ0v) is 15.0. The number of aromatic nitrogens is 1. The Kier molecular flexibility index (Phi) is 5.01. The fraction of sp³-hybridized carbons (Fsp3) is 0.588. The third-order valence-electron chi connectivity index (χ3n) is 4.48. The third-order valence-corrected chi connectivity index (χ3v) is 4.48. The van der Waals surface area contributed by atoms with E-state index >= 15 is 0 Å². The van der Waals surface area contributed by atoms with E-state index in [2.05, 4.69) is 36.0 Å². The number of rotatable bonds is 2. The van der Waals surface area contributed by atoms with Crippen LogP contribution in [0.2, 0.25) is 0 Å². The van der Waals surface area contributed by atoms with Gasteiger partial charge in [-0.15, -0.1) is 0 Å². The molecule has 1 saturated heterocycles. The molecule has 0 aliphatic carbocycles. The molecule has 1 aromatic heterocycles. The quantitative estimate of drug-likeness (QED) is 0.863. The number of pyridine rings is 1. The summed E-state index contributed by atoms with van der Waals surface area (Å²) in [5, 5.41) is 12.0. The number of carbonyl (C=O) groups excluding carboxylic acids is 1. The van der Waals surface area contributed by atoms with Crippen LogP contribution in [0.15, 0.2) is 12.1 Å². The molecule has 2 heterocycles. The first-order chi connectivity index (χ1) is 11.1. The minimum Gasteiger partial charge on any atom is -0.465 e. The molecule has 1 fully saturated rings. The van der Waals surface area contributed by atoms with Crippen LogP contribution >= 0.6 is 0 Å². The first-order valence-electron chi connectivity index (χ1n) is 8.09. The molecule has 1 aliphatic rings. The molecule has 0 radical (unpaired) electrons. The molecule has 2 amide bonds. The summed E-state index contributed by atoms with van der Waals surface area (Å²) >= 11 is 0. The van der Waals surface area contributed by atoms with Crippen molar-refractivity contribution in [2.75, 3.05) is 31.6 Å². The molecular formula is C17H26N4O3. The van der Waals surface area contributed by atoms with E-state index in [0.29, 0.717) is 25.3 Å². The van der Waals surface area contributed by atoms with Crippen molar-refractivity contribution < 1.29 is 14.7 Å². The molecule has 132 valence electrons. The van der Waals surface area contributed by atoms with Gasteiger partial charge in [-0.05, 0) is 24.5 Å². The molecule has 1 atom stereocenters. The summed E-state index contributed by atoms with van der Waals surface area (Å²) in [5.41, 5.74) is 1.94. The maximum atomic E-state index is 11.7. The molecular weight excluding hydrogens is 308 g/mol. The Morgan fingerprint density at radius 2 is 1.96 bits per heavy atom. The number of piperazine rings is 1. The summed E-state index contributed by atoms with van der Waals surface area (Å²) in [6.45, 7) is 9.70. The van der Waals surface area contributed by atoms with Gasteiger partial charge in [-0.2, -0.15) is 0 Å². The van der Waals surface area contributed by atoms with E-state index in [9.17, 15) is 14.7 Å². The SMILES string of the molecule is CNC(=O)c1ccc(N2CCN(C(=O)O)C(C(C)(C)C)C2)c(C)n1. The summed E-state index contributed by atoms with van der Waals surface area (Å²) in [7, 11) is 1.58. The summed E-state index contributed by atoms with van der Waals surface area (Å²) < 4.78 is 0. The van der Waals surface area contributed by atoms with Crippen molar-refractivity contribution in [1.82, 2.24) is 15.2 Å². The summed E-state index contributed by atoms with van der Waals surface area (Å²) in [5.74, 6) is -0.215. The molecule has 7 heteroatoms. The molecule has 0 aromatic carbocycles. The van der Waals surface area contributed by atoms with Crippen LogP contribution < -0.4 is 10.2 Å². The molecule has 0 spiro atoms. The van der Waals surface area contributed by atoms with Crippen LogP contribution in [0.4, 0.5) is 10.5 Å². The van der Waals surface area contributed by atoms with Crippen molar-refractivity contribution in [3.63, 3.8) is 0 Å². The highest BCUT2D eigenvalue weighted by Gasteiger charge is 2.38. The number of nitrogens with zero attached hydrogens (tertiary/aromatic N) is 3. The summed E-state index contributed by atoms with van der Waals surface area (Å²) in [4.78, 5) is 31.3. The van der Waals surface area contributed by atoms with Crippen molar-refractivity contribution in [2.24, 2.45) is 5.41 Å². The average molecular weight is 334 g/mol. The number of carbonyl (C=O) groups is 2. The Morgan fingerprint density at radius 3 is 2.46 bits per heavy atom. The maximum absolute atomic E-state index is 11.7. The van der Waals surface area contributed by atoms with Gasteiger partial charge in [-0.25, -0.2) is 9.78 Å². The maximum Gasteiger partial charge on any atom is 0.407 e. The monoisotopic (exact) mass is 334 g/mol. The van der Waals surface area contributed by atoms with E-state index in [0.717, 1.165) is 11.4 Å².